The molecule has 0 saturated carbocycles. The van der Waals surface area contributed by atoms with Gasteiger partial charge in [0.25, 0.3) is 0 Å². The SMILES string of the molecule is CN1CCC[C@@H](CN)C1.[Cl-].[Cl-]. The molecule has 1 rings (SSSR count). The van der Waals surface area contributed by atoms with Gasteiger partial charge in [-0.1, -0.05) is 0 Å². The van der Waals surface area contributed by atoms with E-state index in [1.807, 2.05) is 0 Å². The summed E-state index contributed by atoms with van der Waals surface area (Å²) in [7, 11) is 2.17. The van der Waals surface area contributed by atoms with Crippen LogP contribution in [0, 0.1) is 5.92 Å². The van der Waals surface area contributed by atoms with Crippen LogP contribution in [0.25, 0.3) is 0 Å². The zero-order valence-corrected chi connectivity index (χ0v) is 8.41. The Morgan fingerprint density at radius 1 is 1.45 bits per heavy atom. The molecule has 1 fully saturated rings. The fraction of sp³-hybridized carbons (Fsp3) is 1.00. The molecule has 1 aliphatic rings. The summed E-state index contributed by atoms with van der Waals surface area (Å²) in [5.41, 5.74) is 5.54. The molecule has 0 aromatic rings. The maximum Gasteiger partial charge on any atom is 0.00187 e. The first kappa shape index (κ1) is 14.0. The Labute approximate surface area is 81.3 Å². The van der Waals surface area contributed by atoms with E-state index < -0.39 is 0 Å². The van der Waals surface area contributed by atoms with E-state index in [1.165, 1.54) is 25.9 Å². The summed E-state index contributed by atoms with van der Waals surface area (Å²) in [5, 5.41) is 0. The minimum absolute atomic E-state index is 0. The van der Waals surface area contributed by atoms with E-state index >= 15 is 0 Å². The molecule has 0 bridgehead atoms. The van der Waals surface area contributed by atoms with Crippen LogP contribution in [-0.4, -0.2) is 31.6 Å². The van der Waals surface area contributed by atoms with Crippen molar-refractivity contribution >= 4 is 0 Å². The highest BCUT2D eigenvalue weighted by Gasteiger charge is 2.14. The van der Waals surface area contributed by atoms with E-state index in [9.17, 15) is 0 Å². The molecule has 2 nitrogen and oxygen atoms in total. The van der Waals surface area contributed by atoms with Crippen molar-refractivity contribution in [3.63, 3.8) is 0 Å². The Morgan fingerprint density at radius 2 is 2.09 bits per heavy atom. The van der Waals surface area contributed by atoms with Crippen molar-refractivity contribution in [3.8, 4) is 0 Å². The quantitative estimate of drug-likeness (QED) is 0.456. The molecular weight excluding hydrogens is 183 g/mol. The molecule has 0 radical (unpaired) electrons. The van der Waals surface area contributed by atoms with Crippen LogP contribution in [0.3, 0.4) is 0 Å². The number of piperidine rings is 1. The number of hydrogen-bond acceptors (Lipinski definition) is 2. The summed E-state index contributed by atoms with van der Waals surface area (Å²) in [5.74, 6) is 0.767. The smallest absolute Gasteiger partial charge is 0.00187 e. The van der Waals surface area contributed by atoms with E-state index in [4.69, 9.17) is 5.73 Å². The van der Waals surface area contributed by atoms with Crippen LogP contribution >= 0.6 is 0 Å². The largest absolute Gasteiger partial charge is 1.00 e. The van der Waals surface area contributed by atoms with E-state index in [0.717, 1.165) is 12.5 Å². The molecule has 1 heterocycles. The van der Waals surface area contributed by atoms with Gasteiger partial charge in [-0.2, -0.15) is 0 Å². The predicted molar refractivity (Wildman–Crippen MR) is 39.3 cm³/mol. The van der Waals surface area contributed by atoms with Gasteiger partial charge in [0.1, 0.15) is 0 Å². The molecule has 4 heteroatoms. The summed E-state index contributed by atoms with van der Waals surface area (Å²) in [4.78, 5) is 2.36. The number of likely N-dealkylation sites (tertiary alicyclic amines) is 1. The lowest BCUT2D eigenvalue weighted by Gasteiger charge is -2.28. The molecule has 0 amide bonds. The summed E-state index contributed by atoms with van der Waals surface area (Å²) < 4.78 is 0. The number of rotatable bonds is 1. The van der Waals surface area contributed by atoms with Crippen LogP contribution < -0.4 is 30.5 Å². The third kappa shape index (κ3) is 4.86. The van der Waals surface area contributed by atoms with Crippen molar-refractivity contribution in [2.24, 2.45) is 11.7 Å². The normalized spacial score (nSPS) is 25.1. The average Bonchev–Trinajstić information content (AvgIpc) is 1.88. The molecule has 70 valence electrons. The molecule has 0 spiro atoms. The highest BCUT2D eigenvalue weighted by atomic mass is 35.5. The van der Waals surface area contributed by atoms with Crippen molar-refractivity contribution in [1.29, 1.82) is 0 Å². The van der Waals surface area contributed by atoms with Crippen LogP contribution in [0.4, 0.5) is 0 Å². The van der Waals surface area contributed by atoms with E-state index in [1.54, 1.807) is 0 Å². The molecule has 11 heavy (non-hydrogen) atoms. The van der Waals surface area contributed by atoms with Crippen molar-refractivity contribution in [1.82, 2.24) is 4.90 Å². The highest BCUT2D eigenvalue weighted by Crippen LogP contribution is 2.12. The maximum atomic E-state index is 5.54. The first-order valence-corrected chi connectivity index (χ1v) is 3.71. The number of nitrogens with two attached hydrogens (primary N) is 1. The van der Waals surface area contributed by atoms with E-state index in [2.05, 4.69) is 11.9 Å². The number of halogens is 2. The molecule has 2 N–H and O–H groups in total. The Bertz CT molecular complexity index is 90.5. The number of hydrogen-bond donors (Lipinski definition) is 1. The second-order valence-corrected chi connectivity index (χ2v) is 3.01. The third-order valence-corrected chi connectivity index (χ3v) is 2.06. The molecule has 0 aromatic heterocycles. The zero-order valence-electron chi connectivity index (χ0n) is 6.89. The monoisotopic (exact) mass is 198 g/mol. The maximum absolute atomic E-state index is 5.54. The molecule has 0 unspecified atom stereocenters. The van der Waals surface area contributed by atoms with Gasteiger partial charge in [0, 0.05) is 6.54 Å². The first-order chi connectivity index (χ1) is 4.33. The fourth-order valence-electron chi connectivity index (χ4n) is 1.47. The summed E-state index contributed by atoms with van der Waals surface area (Å²) >= 11 is 0. The highest BCUT2D eigenvalue weighted by molar-refractivity contribution is 4.70. The summed E-state index contributed by atoms with van der Waals surface area (Å²) in [6.45, 7) is 3.33. The van der Waals surface area contributed by atoms with Crippen LogP contribution in [0.2, 0.25) is 0 Å². The van der Waals surface area contributed by atoms with Crippen molar-refractivity contribution in [2.75, 3.05) is 26.7 Å². The minimum atomic E-state index is 0. The van der Waals surface area contributed by atoms with Gasteiger partial charge < -0.3 is 35.4 Å². The van der Waals surface area contributed by atoms with E-state index in [0.29, 0.717) is 0 Å². The van der Waals surface area contributed by atoms with Crippen molar-refractivity contribution in [2.45, 2.75) is 12.8 Å². The predicted octanol–water partition coefficient (Wildman–Crippen LogP) is -5.71. The second-order valence-electron chi connectivity index (χ2n) is 3.01. The Balaban J connectivity index is 0. The Hall–Kier alpha value is 0.500. The average molecular weight is 199 g/mol. The lowest BCUT2D eigenvalue weighted by molar-refractivity contribution is -0.001000. The van der Waals surface area contributed by atoms with Gasteiger partial charge in [0.05, 0.1) is 0 Å². The molecular formula is C7H16Cl2N2-2. The van der Waals surface area contributed by atoms with Crippen LogP contribution in [0.15, 0.2) is 0 Å². The Morgan fingerprint density at radius 3 is 2.45 bits per heavy atom. The van der Waals surface area contributed by atoms with Gasteiger partial charge in [-0.15, -0.1) is 0 Å². The van der Waals surface area contributed by atoms with Crippen LogP contribution in [-0.2, 0) is 0 Å². The number of nitrogens with zero attached hydrogens (tertiary/aromatic N) is 1. The summed E-state index contributed by atoms with van der Waals surface area (Å²) in [6, 6.07) is 0. The van der Waals surface area contributed by atoms with Crippen LogP contribution in [0.1, 0.15) is 12.8 Å². The molecule has 0 aliphatic carbocycles. The van der Waals surface area contributed by atoms with Crippen LogP contribution in [0.5, 0.6) is 0 Å². The summed E-state index contributed by atoms with van der Waals surface area (Å²) in [6.07, 6.45) is 2.67. The lowest BCUT2D eigenvalue weighted by atomic mass is 9.99. The second kappa shape index (κ2) is 7.17. The molecule has 1 atom stereocenters. The molecule has 1 saturated heterocycles. The van der Waals surface area contributed by atoms with Gasteiger partial charge in [0.2, 0.25) is 0 Å². The Kier molecular flexibility index (Phi) is 9.15. The van der Waals surface area contributed by atoms with E-state index in [-0.39, 0.29) is 24.8 Å². The standard InChI is InChI=1S/C7H16N2.2ClH/c1-9-4-2-3-7(5-8)6-9;;/h7H,2-6,8H2,1H3;2*1H/p-2/t7-;;/m0../s1. The molecule has 0 aromatic carbocycles. The van der Waals surface area contributed by atoms with Gasteiger partial charge in [-0.3, -0.25) is 0 Å². The van der Waals surface area contributed by atoms with Gasteiger partial charge >= 0.3 is 0 Å². The fourth-order valence-corrected chi connectivity index (χ4v) is 1.47. The first-order valence-electron chi connectivity index (χ1n) is 3.71. The minimum Gasteiger partial charge on any atom is -1.00 e. The topological polar surface area (TPSA) is 29.3 Å². The van der Waals surface area contributed by atoms with Crippen molar-refractivity contribution in [3.05, 3.63) is 0 Å². The lowest BCUT2D eigenvalue weighted by Crippen LogP contribution is -3.00. The molecule has 1 aliphatic heterocycles. The van der Waals surface area contributed by atoms with Gasteiger partial charge in [0.15, 0.2) is 0 Å². The zero-order chi connectivity index (χ0) is 6.69. The van der Waals surface area contributed by atoms with Gasteiger partial charge in [-0.05, 0) is 38.9 Å². The third-order valence-electron chi connectivity index (χ3n) is 2.06. The van der Waals surface area contributed by atoms with Crippen molar-refractivity contribution < 1.29 is 24.8 Å². The van der Waals surface area contributed by atoms with Gasteiger partial charge in [-0.25, -0.2) is 0 Å².